The maximum Gasteiger partial charge on any atom is 0.341 e. The molecule has 0 saturated heterocycles. The second-order valence-electron chi connectivity index (χ2n) is 7.48. The normalized spacial score (nSPS) is 15.6. The van der Waals surface area contributed by atoms with E-state index in [1.54, 1.807) is 32.0 Å². The number of fused-ring (bicyclic) bond motifs is 1. The number of carbonyl (C=O) groups is 3. The van der Waals surface area contributed by atoms with Crippen LogP contribution in [0.2, 0.25) is 0 Å². The molecule has 1 aliphatic rings. The molecule has 1 aromatic heterocycles. The number of esters is 1. The fraction of sp³-hybridized carbons (Fsp3) is 0.409. The molecule has 0 aliphatic carbocycles. The number of carbonyl (C=O) groups excluding carboxylic acids is 3. The highest BCUT2D eigenvalue weighted by atomic mass is 32.1. The van der Waals surface area contributed by atoms with Gasteiger partial charge < -0.3 is 14.8 Å². The Hall–Kier alpha value is -2.87. The van der Waals surface area contributed by atoms with Crippen LogP contribution in [0.4, 0.5) is 10.7 Å². The number of nitrogens with zero attached hydrogens (tertiary/aromatic N) is 1. The molecule has 1 aromatic carbocycles. The second-order valence-corrected chi connectivity index (χ2v) is 8.36. The molecule has 160 valence electrons. The molecule has 1 aliphatic heterocycles. The van der Waals surface area contributed by atoms with Crippen LogP contribution in [0.25, 0.3) is 0 Å². The zero-order chi connectivity index (χ0) is 21.8. The molecule has 1 atom stereocenters. The minimum Gasteiger partial charge on any atom is -0.479 e. The van der Waals surface area contributed by atoms with Gasteiger partial charge in [0.15, 0.2) is 6.10 Å². The Kier molecular flexibility index (Phi) is 6.77. The highest BCUT2D eigenvalue weighted by Gasteiger charge is 2.33. The van der Waals surface area contributed by atoms with E-state index >= 15 is 0 Å². The monoisotopic (exact) mass is 430 g/mol. The summed E-state index contributed by atoms with van der Waals surface area (Å²) in [6, 6.07) is 7.10. The van der Waals surface area contributed by atoms with E-state index in [1.165, 1.54) is 16.2 Å². The molecule has 0 radical (unpaired) electrons. The number of ether oxygens (including phenoxy) is 2. The van der Waals surface area contributed by atoms with E-state index in [-0.39, 0.29) is 19.1 Å². The summed E-state index contributed by atoms with van der Waals surface area (Å²) in [5, 5.41) is 5.12. The first kappa shape index (κ1) is 21.8. The molecule has 1 unspecified atom stereocenters. The molecule has 0 bridgehead atoms. The largest absolute Gasteiger partial charge is 0.479 e. The number of para-hydroxylation sites is 2. The molecule has 30 heavy (non-hydrogen) atoms. The van der Waals surface area contributed by atoms with Gasteiger partial charge in [-0.3, -0.25) is 14.5 Å². The first-order chi connectivity index (χ1) is 14.3. The predicted octanol–water partition coefficient (Wildman–Crippen LogP) is 3.88. The fourth-order valence-electron chi connectivity index (χ4n) is 3.33. The Balaban J connectivity index is 1.82. The van der Waals surface area contributed by atoms with Crippen LogP contribution in [0, 0.1) is 5.92 Å². The molecule has 2 aromatic rings. The van der Waals surface area contributed by atoms with Crippen molar-refractivity contribution in [1.29, 1.82) is 0 Å². The Labute approximate surface area is 180 Å². The lowest BCUT2D eigenvalue weighted by molar-refractivity contribution is -0.127. The number of anilines is 2. The highest BCUT2D eigenvalue weighted by Crippen LogP contribution is 2.34. The lowest BCUT2D eigenvalue weighted by Gasteiger charge is -2.32. The lowest BCUT2D eigenvalue weighted by atomic mass is 10.0. The lowest BCUT2D eigenvalue weighted by Crippen LogP contribution is -2.47. The van der Waals surface area contributed by atoms with Gasteiger partial charge in [0.2, 0.25) is 5.91 Å². The number of hydrogen-bond acceptors (Lipinski definition) is 6. The van der Waals surface area contributed by atoms with Crippen LogP contribution in [0.15, 0.2) is 29.6 Å². The summed E-state index contributed by atoms with van der Waals surface area (Å²) in [6.45, 7) is 7.59. The Morgan fingerprint density at radius 2 is 2.03 bits per heavy atom. The van der Waals surface area contributed by atoms with E-state index in [0.29, 0.717) is 34.3 Å². The van der Waals surface area contributed by atoms with Gasteiger partial charge in [0, 0.05) is 0 Å². The van der Waals surface area contributed by atoms with Gasteiger partial charge in [0.05, 0.1) is 17.9 Å². The fourth-order valence-corrected chi connectivity index (χ4v) is 4.31. The van der Waals surface area contributed by atoms with Crippen molar-refractivity contribution < 1.29 is 23.9 Å². The SMILES string of the molecule is CCOC(=O)c1c(CC(C)C)csc1NC(=O)CN1C(=O)C(C)Oc2ccccc21. The summed E-state index contributed by atoms with van der Waals surface area (Å²) in [7, 11) is 0. The first-order valence-corrected chi connectivity index (χ1v) is 10.8. The van der Waals surface area contributed by atoms with Crippen molar-refractivity contribution in [3.8, 4) is 5.75 Å². The topological polar surface area (TPSA) is 84.9 Å². The summed E-state index contributed by atoms with van der Waals surface area (Å²) >= 11 is 1.29. The van der Waals surface area contributed by atoms with Crippen LogP contribution in [-0.4, -0.2) is 37.0 Å². The Bertz CT molecular complexity index is 953. The Morgan fingerprint density at radius 3 is 2.73 bits per heavy atom. The average Bonchev–Trinajstić information content (AvgIpc) is 3.06. The summed E-state index contributed by atoms with van der Waals surface area (Å²) in [5.74, 6) is -0.233. The van der Waals surface area contributed by atoms with Gasteiger partial charge in [-0.25, -0.2) is 4.79 Å². The zero-order valence-corrected chi connectivity index (χ0v) is 18.4. The molecule has 8 heteroatoms. The van der Waals surface area contributed by atoms with Crippen molar-refractivity contribution in [1.82, 2.24) is 0 Å². The molecule has 1 N–H and O–H groups in total. The van der Waals surface area contributed by atoms with Gasteiger partial charge in [-0.15, -0.1) is 11.3 Å². The smallest absolute Gasteiger partial charge is 0.341 e. The number of benzene rings is 1. The van der Waals surface area contributed by atoms with E-state index in [2.05, 4.69) is 19.2 Å². The minimum atomic E-state index is -0.679. The Morgan fingerprint density at radius 1 is 1.30 bits per heavy atom. The predicted molar refractivity (Wildman–Crippen MR) is 116 cm³/mol. The van der Waals surface area contributed by atoms with Crippen LogP contribution >= 0.6 is 11.3 Å². The summed E-state index contributed by atoms with van der Waals surface area (Å²) in [5.41, 5.74) is 1.80. The van der Waals surface area contributed by atoms with Gasteiger partial charge in [-0.2, -0.15) is 0 Å². The zero-order valence-electron chi connectivity index (χ0n) is 17.6. The van der Waals surface area contributed by atoms with Crippen molar-refractivity contribution in [2.45, 2.75) is 40.2 Å². The minimum absolute atomic E-state index is 0.177. The van der Waals surface area contributed by atoms with Gasteiger partial charge in [0.25, 0.3) is 5.91 Å². The maximum absolute atomic E-state index is 12.8. The number of hydrogen-bond donors (Lipinski definition) is 1. The molecule has 0 saturated carbocycles. The van der Waals surface area contributed by atoms with E-state index in [9.17, 15) is 14.4 Å². The first-order valence-electron chi connectivity index (χ1n) is 9.96. The summed E-state index contributed by atoms with van der Waals surface area (Å²) in [6.07, 6.45) is 0.0232. The molecule has 3 rings (SSSR count). The van der Waals surface area contributed by atoms with Crippen LogP contribution in [0.1, 0.15) is 43.6 Å². The quantitative estimate of drug-likeness (QED) is 0.674. The van der Waals surface area contributed by atoms with Crippen molar-refractivity contribution in [2.24, 2.45) is 5.92 Å². The third kappa shape index (κ3) is 4.64. The van der Waals surface area contributed by atoms with Crippen molar-refractivity contribution in [2.75, 3.05) is 23.4 Å². The standard InChI is InChI=1S/C22H26N2O5S/c1-5-28-22(27)19-15(10-13(2)3)12-30-20(19)23-18(25)11-24-16-8-6-7-9-17(16)29-14(4)21(24)26/h6-9,12-14H,5,10-11H2,1-4H3,(H,23,25). The molecule has 7 nitrogen and oxygen atoms in total. The van der Waals surface area contributed by atoms with Crippen molar-refractivity contribution in [3.05, 3.63) is 40.8 Å². The number of nitrogens with one attached hydrogen (secondary N) is 1. The van der Waals surface area contributed by atoms with E-state index in [4.69, 9.17) is 9.47 Å². The third-order valence-corrected chi connectivity index (χ3v) is 5.55. The van der Waals surface area contributed by atoms with Gasteiger partial charge in [0.1, 0.15) is 17.3 Å². The molecular weight excluding hydrogens is 404 g/mol. The highest BCUT2D eigenvalue weighted by molar-refractivity contribution is 7.15. The van der Waals surface area contributed by atoms with E-state index in [1.807, 2.05) is 11.4 Å². The molecule has 0 fully saturated rings. The van der Waals surface area contributed by atoms with Crippen LogP contribution in [0.5, 0.6) is 5.75 Å². The summed E-state index contributed by atoms with van der Waals surface area (Å²) in [4.78, 5) is 39.3. The maximum atomic E-state index is 12.8. The van der Waals surface area contributed by atoms with E-state index < -0.39 is 18.0 Å². The van der Waals surface area contributed by atoms with Crippen LogP contribution in [0.3, 0.4) is 0 Å². The number of thiophene rings is 1. The van der Waals surface area contributed by atoms with Gasteiger partial charge in [-0.05, 0) is 49.3 Å². The van der Waals surface area contributed by atoms with Crippen molar-refractivity contribution >= 4 is 39.8 Å². The second kappa shape index (κ2) is 9.30. The molecule has 2 heterocycles. The average molecular weight is 431 g/mol. The molecule has 0 spiro atoms. The number of amides is 2. The van der Waals surface area contributed by atoms with Gasteiger partial charge >= 0.3 is 5.97 Å². The van der Waals surface area contributed by atoms with Gasteiger partial charge in [-0.1, -0.05) is 26.0 Å². The van der Waals surface area contributed by atoms with Crippen LogP contribution in [-0.2, 0) is 20.7 Å². The summed E-state index contributed by atoms with van der Waals surface area (Å²) < 4.78 is 10.8. The third-order valence-electron chi connectivity index (χ3n) is 4.60. The van der Waals surface area contributed by atoms with E-state index in [0.717, 1.165) is 5.56 Å². The van der Waals surface area contributed by atoms with Crippen molar-refractivity contribution in [3.63, 3.8) is 0 Å². The number of rotatable bonds is 7. The molecule has 2 amide bonds. The molecular formula is C22H26N2O5S. The van der Waals surface area contributed by atoms with Crippen LogP contribution < -0.4 is 15.0 Å².